The molecule has 0 radical (unpaired) electrons. The number of nitrogens with one attached hydrogen (secondary N) is 1. The van der Waals surface area contributed by atoms with E-state index in [1.807, 2.05) is 0 Å². The van der Waals surface area contributed by atoms with Gasteiger partial charge < -0.3 is 10.4 Å². The summed E-state index contributed by atoms with van der Waals surface area (Å²) in [6, 6.07) is 4.51. The van der Waals surface area contributed by atoms with Crippen LogP contribution in [0.3, 0.4) is 0 Å². The molecule has 2 N–H and O–H groups in total. The lowest BCUT2D eigenvalue weighted by molar-refractivity contribution is -0.124. The third kappa shape index (κ3) is 4.19. The van der Waals surface area contributed by atoms with E-state index in [0.717, 1.165) is 0 Å². The molecule has 0 aliphatic carbocycles. The molecule has 0 saturated heterocycles. The number of halogens is 2. The summed E-state index contributed by atoms with van der Waals surface area (Å²) in [5.74, 6) is -0.188. The highest BCUT2D eigenvalue weighted by Gasteiger charge is 2.16. The van der Waals surface area contributed by atoms with Crippen molar-refractivity contribution < 1.29 is 9.90 Å². The van der Waals surface area contributed by atoms with Gasteiger partial charge in [0.05, 0.1) is 16.1 Å². The monoisotopic (exact) mass is 342 g/mol. The number of carbonyl (C=O) groups is 1. The molecule has 0 bridgehead atoms. The Kier molecular flexibility index (Phi) is 5.76. The Morgan fingerprint density at radius 3 is 2.82 bits per heavy atom. The predicted molar refractivity (Wildman–Crippen MR) is 83.8 cm³/mol. The molecule has 22 heavy (non-hydrogen) atoms. The number of aliphatic hydroxyl groups is 1. The standard InChI is InChI=1S/C14H16Cl2N4O2/c1-9(20-8-17-7-19-20)14(22)18-5-4-13(21)10-2-3-11(15)12(16)6-10/h2-3,6-9,13,21H,4-5H2,1H3,(H,18,22). The molecule has 1 aromatic carbocycles. The SMILES string of the molecule is CC(C(=O)NCCC(O)c1ccc(Cl)c(Cl)c1)n1cncn1. The van der Waals surface area contributed by atoms with E-state index in [1.165, 1.54) is 17.3 Å². The average Bonchev–Trinajstić information content (AvgIpc) is 3.03. The fourth-order valence-electron chi connectivity index (χ4n) is 1.90. The van der Waals surface area contributed by atoms with Gasteiger partial charge in [0.25, 0.3) is 0 Å². The van der Waals surface area contributed by atoms with Crippen LogP contribution in [0.25, 0.3) is 0 Å². The quantitative estimate of drug-likeness (QED) is 0.844. The van der Waals surface area contributed by atoms with Crippen LogP contribution in [-0.4, -0.2) is 32.3 Å². The number of nitrogens with zero attached hydrogens (tertiary/aromatic N) is 3. The van der Waals surface area contributed by atoms with Gasteiger partial charge in [-0.05, 0) is 31.0 Å². The van der Waals surface area contributed by atoms with Crippen LogP contribution in [0.2, 0.25) is 10.0 Å². The number of hydrogen-bond acceptors (Lipinski definition) is 4. The maximum absolute atomic E-state index is 11.9. The molecule has 1 aromatic heterocycles. The van der Waals surface area contributed by atoms with E-state index >= 15 is 0 Å². The number of hydrogen-bond donors (Lipinski definition) is 2. The number of aliphatic hydroxyl groups excluding tert-OH is 1. The molecule has 0 saturated carbocycles. The number of carbonyl (C=O) groups excluding carboxylic acids is 1. The number of amides is 1. The zero-order valence-corrected chi connectivity index (χ0v) is 13.4. The molecular weight excluding hydrogens is 327 g/mol. The predicted octanol–water partition coefficient (Wildman–Crippen LogP) is 2.39. The van der Waals surface area contributed by atoms with Crippen molar-refractivity contribution in [3.63, 3.8) is 0 Å². The molecule has 0 aliphatic rings. The van der Waals surface area contributed by atoms with Gasteiger partial charge >= 0.3 is 0 Å². The van der Waals surface area contributed by atoms with Gasteiger partial charge in [0.2, 0.25) is 5.91 Å². The maximum atomic E-state index is 11.9. The van der Waals surface area contributed by atoms with E-state index in [1.54, 1.807) is 25.1 Å². The third-order valence-electron chi connectivity index (χ3n) is 3.26. The summed E-state index contributed by atoms with van der Waals surface area (Å²) in [6.07, 6.45) is 2.50. The van der Waals surface area contributed by atoms with Crippen LogP contribution in [0.15, 0.2) is 30.9 Å². The maximum Gasteiger partial charge on any atom is 0.244 e. The Morgan fingerprint density at radius 1 is 1.41 bits per heavy atom. The molecule has 118 valence electrons. The lowest BCUT2D eigenvalue weighted by atomic mass is 10.1. The Balaban J connectivity index is 1.82. The molecule has 1 amide bonds. The average molecular weight is 343 g/mol. The number of benzene rings is 1. The molecule has 2 rings (SSSR count). The van der Waals surface area contributed by atoms with Gasteiger partial charge in [0.15, 0.2) is 0 Å². The topological polar surface area (TPSA) is 80.0 Å². The zero-order valence-electron chi connectivity index (χ0n) is 11.9. The first-order valence-corrected chi connectivity index (χ1v) is 7.49. The molecule has 0 spiro atoms. The van der Waals surface area contributed by atoms with Crippen LogP contribution in [0, 0.1) is 0 Å². The molecule has 0 aliphatic heterocycles. The van der Waals surface area contributed by atoms with Crippen LogP contribution in [0.4, 0.5) is 0 Å². The van der Waals surface area contributed by atoms with Crippen LogP contribution >= 0.6 is 23.2 Å². The van der Waals surface area contributed by atoms with E-state index in [-0.39, 0.29) is 5.91 Å². The molecule has 2 unspecified atom stereocenters. The van der Waals surface area contributed by atoms with E-state index in [0.29, 0.717) is 28.6 Å². The van der Waals surface area contributed by atoms with Crippen LogP contribution in [-0.2, 0) is 4.79 Å². The normalized spacial score (nSPS) is 13.6. The molecule has 6 nitrogen and oxygen atoms in total. The van der Waals surface area contributed by atoms with Crippen molar-refractivity contribution in [1.29, 1.82) is 0 Å². The molecule has 2 atom stereocenters. The fourth-order valence-corrected chi connectivity index (χ4v) is 2.21. The Bertz CT molecular complexity index is 634. The van der Waals surface area contributed by atoms with Gasteiger partial charge in [-0.1, -0.05) is 29.3 Å². The van der Waals surface area contributed by atoms with Gasteiger partial charge in [-0.25, -0.2) is 9.67 Å². The van der Waals surface area contributed by atoms with Gasteiger partial charge in [-0.2, -0.15) is 5.10 Å². The van der Waals surface area contributed by atoms with Crippen molar-refractivity contribution in [2.45, 2.75) is 25.5 Å². The second-order valence-electron chi connectivity index (χ2n) is 4.82. The number of aromatic nitrogens is 3. The van der Waals surface area contributed by atoms with Crippen molar-refractivity contribution in [2.24, 2.45) is 0 Å². The molecule has 0 fully saturated rings. The van der Waals surface area contributed by atoms with Gasteiger partial charge in [-0.3, -0.25) is 4.79 Å². The summed E-state index contributed by atoms with van der Waals surface area (Å²) in [5.41, 5.74) is 0.660. The summed E-state index contributed by atoms with van der Waals surface area (Å²) in [6.45, 7) is 2.05. The van der Waals surface area contributed by atoms with Crippen molar-refractivity contribution in [1.82, 2.24) is 20.1 Å². The smallest absolute Gasteiger partial charge is 0.244 e. The Hall–Kier alpha value is -1.63. The Morgan fingerprint density at radius 2 is 2.18 bits per heavy atom. The van der Waals surface area contributed by atoms with Crippen molar-refractivity contribution >= 4 is 29.1 Å². The van der Waals surface area contributed by atoms with Gasteiger partial charge in [0.1, 0.15) is 18.7 Å². The minimum absolute atomic E-state index is 0.188. The largest absolute Gasteiger partial charge is 0.388 e. The molecule has 8 heteroatoms. The summed E-state index contributed by atoms with van der Waals surface area (Å²) in [4.78, 5) is 15.7. The van der Waals surface area contributed by atoms with E-state index in [4.69, 9.17) is 23.2 Å². The van der Waals surface area contributed by atoms with Gasteiger partial charge in [-0.15, -0.1) is 0 Å². The molecule has 1 heterocycles. The summed E-state index contributed by atoms with van der Waals surface area (Å²) < 4.78 is 1.46. The van der Waals surface area contributed by atoms with E-state index in [2.05, 4.69) is 15.4 Å². The highest BCUT2D eigenvalue weighted by molar-refractivity contribution is 6.42. The lowest BCUT2D eigenvalue weighted by Gasteiger charge is -2.15. The zero-order chi connectivity index (χ0) is 16.1. The third-order valence-corrected chi connectivity index (χ3v) is 4.00. The highest BCUT2D eigenvalue weighted by atomic mass is 35.5. The first-order chi connectivity index (χ1) is 10.5. The molecular formula is C14H16Cl2N4O2. The Labute approximate surface area is 138 Å². The second-order valence-corrected chi connectivity index (χ2v) is 5.63. The van der Waals surface area contributed by atoms with Crippen molar-refractivity contribution in [3.8, 4) is 0 Å². The van der Waals surface area contributed by atoms with E-state index < -0.39 is 12.1 Å². The first-order valence-electron chi connectivity index (χ1n) is 6.74. The van der Waals surface area contributed by atoms with Gasteiger partial charge in [0, 0.05) is 6.54 Å². The molecule has 2 aromatic rings. The summed E-state index contributed by atoms with van der Waals surface area (Å²) >= 11 is 11.7. The fraction of sp³-hybridized carbons (Fsp3) is 0.357. The number of rotatable bonds is 6. The van der Waals surface area contributed by atoms with Crippen LogP contribution in [0.1, 0.15) is 31.1 Å². The second kappa shape index (κ2) is 7.58. The van der Waals surface area contributed by atoms with Crippen LogP contribution in [0.5, 0.6) is 0 Å². The van der Waals surface area contributed by atoms with Crippen molar-refractivity contribution in [2.75, 3.05) is 6.54 Å². The van der Waals surface area contributed by atoms with Crippen molar-refractivity contribution in [3.05, 3.63) is 46.5 Å². The highest BCUT2D eigenvalue weighted by Crippen LogP contribution is 2.26. The summed E-state index contributed by atoms with van der Waals surface area (Å²) in [5, 5.41) is 17.6. The summed E-state index contributed by atoms with van der Waals surface area (Å²) in [7, 11) is 0. The minimum Gasteiger partial charge on any atom is -0.388 e. The van der Waals surface area contributed by atoms with Crippen LogP contribution < -0.4 is 5.32 Å². The minimum atomic E-state index is -0.725. The lowest BCUT2D eigenvalue weighted by Crippen LogP contribution is -2.32. The first kappa shape index (κ1) is 16.7. The van der Waals surface area contributed by atoms with E-state index in [9.17, 15) is 9.90 Å².